The highest BCUT2D eigenvalue weighted by atomic mass is 32.1. The molecule has 0 radical (unpaired) electrons. The average Bonchev–Trinajstić information content (AvgIpc) is 3.22. The van der Waals surface area contributed by atoms with Gasteiger partial charge in [-0.3, -0.25) is 15.4 Å². The van der Waals surface area contributed by atoms with E-state index in [0.717, 1.165) is 11.9 Å². The number of nitro benzene ring substituents is 1. The Bertz CT molecular complexity index is 1130. The molecule has 2 aromatic heterocycles. The SMILES string of the molecule is CCc1ccc2oc(Nc3nc4c(OC)cc([N+](=O)[O-])cc4s3)nc2c1. The third kappa shape index (κ3) is 2.82. The Morgan fingerprint density at radius 2 is 2.15 bits per heavy atom. The highest BCUT2D eigenvalue weighted by Crippen LogP contribution is 2.37. The Kier molecular flexibility index (Phi) is 3.92. The molecule has 9 heteroatoms. The molecule has 0 aliphatic heterocycles. The summed E-state index contributed by atoms with van der Waals surface area (Å²) in [7, 11) is 1.46. The fraction of sp³-hybridized carbons (Fsp3) is 0.176. The van der Waals surface area contributed by atoms with Crippen LogP contribution in [-0.2, 0) is 6.42 Å². The van der Waals surface area contributed by atoms with Crippen LogP contribution in [-0.4, -0.2) is 22.0 Å². The maximum Gasteiger partial charge on any atom is 0.302 e. The average molecular weight is 370 g/mol. The Labute approximate surface area is 151 Å². The quantitative estimate of drug-likeness (QED) is 0.402. The predicted molar refractivity (Wildman–Crippen MR) is 99.5 cm³/mol. The van der Waals surface area contributed by atoms with Gasteiger partial charge in [-0.2, -0.15) is 4.98 Å². The van der Waals surface area contributed by atoms with Gasteiger partial charge in [0.05, 0.1) is 22.8 Å². The third-order valence-electron chi connectivity index (χ3n) is 3.95. The highest BCUT2D eigenvalue weighted by molar-refractivity contribution is 7.22. The monoisotopic (exact) mass is 370 g/mol. The lowest BCUT2D eigenvalue weighted by atomic mass is 10.1. The number of fused-ring (bicyclic) bond motifs is 2. The molecule has 0 aliphatic carbocycles. The normalized spacial score (nSPS) is 11.2. The molecule has 4 aromatic rings. The second-order valence-corrected chi connectivity index (χ2v) is 6.60. The molecule has 26 heavy (non-hydrogen) atoms. The zero-order valence-electron chi connectivity index (χ0n) is 14.0. The molecule has 2 aromatic carbocycles. The molecule has 0 amide bonds. The van der Waals surface area contributed by atoms with Crippen molar-refractivity contribution < 1.29 is 14.1 Å². The maximum absolute atomic E-state index is 11.1. The Hall–Kier alpha value is -3.20. The van der Waals surface area contributed by atoms with Crippen LogP contribution < -0.4 is 10.1 Å². The molecule has 0 saturated heterocycles. The van der Waals surface area contributed by atoms with E-state index in [9.17, 15) is 10.1 Å². The van der Waals surface area contributed by atoms with E-state index in [4.69, 9.17) is 9.15 Å². The van der Waals surface area contributed by atoms with Gasteiger partial charge in [0.2, 0.25) is 0 Å². The van der Waals surface area contributed by atoms with Crippen LogP contribution in [0.2, 0.25) is 0 Å². The highest BCUT2D eigenvalue weighted by Gasteiger charge is 2.17. The molecule has 0 unspecified atom stereocenters. The van der Waals surface area contributed by atoms with Crippen molar-refractivity contribution in [3.05, 3.63) is 46.0 Å². The topological polar surface area (TPSA) is 103 Å². The number of anilines is 2. The van der Waals surface area contributed by atoms with Gasteiger partial charge < -0.3 is 9.15 Å². The predicted octanol–water partition coefficient (Wildman–Crippen LogP) is 4.66. The van der Waals surface area contributed by atoms with Crippen molar-refractivity contribution in [3.63, 3.8) is 0 Å². The minimum Gasteiger partial charge on any atom is -0.494 e. The lowest BCUT2D eigenvalue weighted by Crippen LogP contribution is -1.91. The molecule has 2 heterocycles. The van der Waals surface area contributed by atoms with Crippen LogP contribution in [0.4, 0.5) is 16.8 Å². The van der Waals surface area contributed by atoms with Crippen molar-refractivity contribution >= 4 is 49.5 Å². The van der Waals surface area contributed by atoms with Gasteiger partial charge in [-0.1, -0.05) is 24.3 Å². The van der Waals surface area contributed by atoms with E-state index in [1.165, 1.54) is 36.1 Å². The molecular formula is C17H14N4O4S. The van der Waals surface area contributed by atoms with Crippen LogP contribution in [0.15, 0.2) is 34.7 Å². The van der Waals surface area contributed by atoms with E-state index >= 15 is 0 Å². The van der Waals surface area contributed by atoms with Crippen LogP contribution >= 0.6 is 11.3 Å². The van der Waals surface area contributed by atoms with Gasteiger partial charge in [0.25, 0.3) is 5.69 Å². The van der Waals surface area contributed by atoms with Crippen molar-refractivity contribution in [3.8, 4) is 5.75 Å². The number of hydrogen-bond acceptors (Lipinski definition) is 8. The molecular weight excluding hydrogens is 356 g/mol. The Balaban J connectivity index is 1.72. The summed E-state index contributed by atoms with van der Waals surface area (Å²) in [6, 6.07) is 9.02. The van der Waals surface area contributed by atoms with Crippen molar-refractivity contribution in [2.75, 3.05) is 12.4 Å². The molecule has 1 N–H and O–H groups in total. The zero-order chi connectivity index (χ0) is 18.3. The summed E-state index contributed by atoms with van der Waals surface area (Å²) < 4.78 is 11.6. The van der Waals surface area contributed by atoms with Crippen LogP contribution in [0, 0.1) is 10.1 Å². The summed E-state index contributed by atoms with van der Waals surface area (Å²) in [5.41, 5.74) is 3.13. The second kappa shape index (κ2) is 6.26. The van der Waals surface area contributed by atoms with E-state index < -0.39 is 4.92 Å². The van der Waals surface area contributed by atoms with Crippen molar-refractivity contribution in [1.82, 2.24) is 9.97 Å². The number of ether oxygens (including phenoxy) is 1. The van der Waals surface area contributed by atoms with Gasteiger partial charge in [0, 0.05) is 6.07 Å². The van der Waals surface area contributed by atoms with Crippen molar-refractivity contribution in [1.29, 1.82) is 0 Å². The summed E-state index contributed by atoms with van der Waals surface area (Å²) in [6.45, 7) is 2.08. The van der Waals surface area contributed by atoms with E-state index in [1.54, 1.807) is 0 Å². The minimum absolute atomic E-state index is 0.0430. The molecule has 0 aliphatic rings. The lowest BCUT2D eigenvalue weighted by Gasteiger charge is -1.99. The number of nitrogens with one attached hydrogen (secondary N) is 1. The second-order valence-electron chi connectivity index (χ2n) is 5.57. The Morgan fingerprint density at radius 3 is 2.88 bits per heavy atom. The largest absolute Gasteiger partial charge is 0.494 e. The van der Waals surface area contributed by atoms with Gasteiger partial charge in [-0.05, 0) is 24.1 Å². The first-order valence-electron chi connectivity index (χ1n) is 7.87. The van der Waals surface area contributed by atoms with Gasteiger partial charge in [-0.25, -0.2) is 4.98 Å². The number of aryl methyl sites for hydroxylation is 1. The van der Waals surface area contributed by atoms with Crippen molar-refractivity contribution in [2.45, 2.75) is 13.3 Å². The first-order chi connectivity index (χ1) is 12.6. The minimum atomic E-state index is -0.457. The first kappa shape index (κ1) is 16.3. The lowest BCUT2D eigenvalue weighted by molar-refractivity contribution is -0.384. The van der Waals surface area contributed by atoms with E-state index in [-0.39, 0.29) is 5.69 Å². The number of aromatic nitrogens is 2. The van der Waals surface area contributed by atoms with E-state index in [0.29, 0.717) is 32.7 Å². The van der Waals surface area contributed by atoms with Crippen LogP contribution in [0.3, 0.4) is 0 Å². The summed E-state index contributed by atoms with van der Waals surface area (Å²) in [5, 5.41) is 14.6. The molecule has 0 atom stereocenters. The molecule has 8 nitrogen and oxygen atoms in total. The van der Waals surface area contributed by atoms with E-state index in [2.05, 4.69) is 22.2 Å². The molecule has 0 spiro atoms. The van der Waals surface area contributed by atoms with Gasteiger partial charge in [-0.15, -0.1) is 0 Å². The van der Waals surface area contributed by atoms with E-state index in [1.807, 2.05) is 18.2 Å². The number of methoxy groups -OCH3 is 1. The van der Waals surface area contributed by atoms with Crippen molar-refractivity contribution in [2.24, 2.45) is 0 Å². The summed E-state index contributed by atoms with van der Waals surface area (Å²) in [6.07, 6.45) is 0.919. The fourth-order valence-electron chi connectivity index (χ4n) is 2.64. The number of non-ortho nitro benzene ring substituents is 1. The standard InChI is InChI=1S/C17H14N4O4S/c1-3-9-4-5-12-11(6-9)18-16(25-12)20-17-19-15-13(24-2)7-10(21(22)23)8-14(15)26-17/h4-8H,3H2,1-2H3,(H,18,19,20). The number of hydrogen-bond donors (Lipinski definition) is 1. The number of oxazole rings is 1. The smallest absolute Gasteiger partial charge is 0.302 e. The first-order valence-corrected chi connectivity index (χ1v) is 8.68. The van der Waals surface area contributed by atoms with Crippen LogP contribution in [0.25, 0.3) is 21.3 Å². The summed E-state index contributed by atoms with van der Waals surface area (Å²) >= 11 is 1.26. The molecule has 0 bridgehead atoms. The van der Waals surface area contributed by atoms with Gasteiger partial charge in [0.1, 0.15) is 11.0 Å². The number of nitro groups is 1. The third-order valence-corrected chi connectivity index (χ3v) is 4.87. The molecule has 0 saturated carbocycles. The van der Waals surface area contributed by atoms with Gasteiger partial charge >= 0.3 is 6.01 Å². The van der Waals surface area contributed by atoms with Crippen LogP contribution in [0.5, 0.6) is 5.75 Å². The molecule has 0 fully saturated rings. The number of rotatable bonds is 5. The Morgan fingerprint density at radius 1 is 1.31 bits per heavy atom. The summed E-state index contributed by atoms with van der Waals surface area (Å²) in [5.74, 6) is 0.351. The molecule has 4 rings (SSSR count). The zero-order valence-corrected chi connectivity index (χ0v) is 14.8. The number of benzene rings is 2. The van der Waals surface area contributed by atoms with Gasteiger partial charge in [0.15, 0.2) is 16.5 Å². The fourth-order valence-corrected chi connectivity index (χ4v) is 3.54. The maximum atomic E-state index is 11.1. The summed E-state index contributed by atoms with van der Waals surface area (Å²) in [4.78, 5) is 19.5. The molecule has 132 valence electrons. The van der Waals surface area contributed by atoms with Crippen LogP contribution in [0.1, 0.15) is 12.5 Å². The number of thiazole rings is 1. The number of nitrogens with zero attached hydrogens (tertiary/aromatic N) is 3.